The number of carbonyl (C=O) groups excluding carboxylic acids is 1. The van der Waals surface area contributed by atoms with Gasteiger partial charge in [0, 0.05) is 17.0 Å². The van der Waals surface area contributed by atoms with Crippen molar-refractivity contribution >= 4 is 16.8 Å². The number of pyridine rings is 1. The summed E-state index contributed by atoms with van der Waals surface area (Å²) in [6.45, 7) is 2.08. The number of aliphatic hydroxyl groups is 1. The topological polar surface area (TPSA) is 62.2 Å². The van der Waals surface area contributed by atoms with Crippen LogP contribution in [-0.2, 0) is 4.79 Å². The van der Waals surface area contributed by atoms with Crippen LogP contribution >= 0.6 is 0 Å². The van der Waals surface area contributed by atoms with E-state index in [0.29, 0.717) is 0 Å². The van der Waals surface area contributed by atoms with Crippen LogP contribution in [0.15, 0.2) is 36.5 Å². The van der Waals surface area contributed by atoms with Gasteiger partial charge in [-0.1, -0.05) is 38.0 Å². The van der Waals surface area contributed by atoms with Crippen molar-refractivity contribution in [3.8, 4) is 0 Å². The second-order valence-corrected chi connectivity index (χ2v) is 8.07. The molecule has 2 aromatic rings. The molecule has 4 heteroatoms. The van der Waals surface area contributed by atoms with Crippen LogP contribution in [0.3, 0.4) is 0 Å². The molecular weight excluding hydrogens is 312 g/mol. The van der Waals surface area contributed by atoms with Crippen LogP contribution in [0.2, 0.25) is 0 Å². The molecule has 25 heavy (non-hydrogen) atoms. The second-order valence-electron chi connectivity index (χ2n) is 8.07. The molecule has 0 saturated heterocycles. The number of aliphatic hydroxyl groups excluding tert-OH is 1. The van der Waals surface area contributed by atoms with Gasteiger partial charge in [-0.25, -0.2) is 0 Å². The summed E-state index contributed by atoms with van der Waals surface area (Å²) in [6, 6.07) is 10.1. The lowest BCUT2D eigenvalue weighted by molar-refractivity contribution is -0.132. The lowest BCUT2D eigenvalue weighted by Gasteiger charge is -2.39. The number of aromatic nitrogens is 1. The van der Waals surface area contributed by atoms with Crippen LogP contribution in [0.4, 0.5) is 0 Å². The Kier molecular flexibility index (Phi) is 4.24. The summed E-state index contributed by atoms with van der Waals surface area (Å²) in [6.07, 6.45) is 7.34. The zero-order chi connectivity index (χ0) is 17.4. The van der Waals surface area contributed by atoms with Crippen molar-refractivity contribution < 1.29 is 9.90 Å². The molecule has 2 aliphatic rings. The van der Waals surface area contributed by atoms with Gasteiger partial charge in [-0.05, 0) is 49.3 Å². The number of para-hydroxylation sites is 1. The van der Waals surface area contributed by atoms with Gasteiger partial charge in [0.2, 0.25) is 5.91 Å². The first-order valence-corrected chi connectivity index (χ1v) is 9.39. The Balaban J connectivity index is 1.62. The van der Waals surface area contributed by atoms with Crippen LogP contribution in [0.25, 0.3) is 10.9 Å². The van der Waals surface area contributed by atoms with Crippen molar-refractivity contribution in [1.82, 2.24) is 10.3 Å². The summed E-state index contributed by atoms with van der Waals surface area (Å²) in [5, 5.41) is 14.2. The SMILES string of the molecule is CC1(C(=O)N[C@H](c2cnc3ccccc3c2)C2CC(O)C2)CCCC1. The van der Waals surface area contributed by atoms with Gasteiger partial charge in [0.15, 0.2) is 0 Å². The van der Waals surface area contributed by atoms with Crippen molar-refractivity contribution in [2.45, 2.75) is 57.6 Å². The van der Waals surface area contributed by atoms with Crippen LogP contribution < -0.4 is 5.32 Å². The highest BCUT2D eigenvalue weighted by Gasteiger charge is 2.41. The smallest absolute Gasteiger partial charge is 0.226 e. The molecule has 2 aliphatic carbocycles. The van der Waals surface area contributed by atoms with Crippen molar-refractivity contribution in [1.29, 1.82) is 0 Å². The largest absolute Gasteiger partial charge is 0.393 e. The summed E-state index contributed by atoms with van der Waals surface area (Å²) < 4.78 is 0. The standard InChI is InChI=1S/C21H26N2O2/c1-21(8-4-5-9-21)20(25)23-19(15-11-17(24)12-15)16-10-14-6-2-3-7-18(14)22-13-16/h2-3,6-7,10,13,15,17,19,24H,4-5,8-9,11-12H2,1H3,(H,23,25)/t15?,17?,19-/m0/s1. The van der Waals surface area contributed by atoms with Crippen LogP contribution in [0.5, 0.6) is 0 Å². The van der Waals surface area contributed by atoms with E-state index < -0.39 is 0 Å². The fourth-order valence-electron chi connectivity index (χ4n) is 4.33. The monoisotopic (exact) mass is 338 g/mol. The third-order valence-electron chi connectivity index (χ3n) is 6.13. The van der Waals surface area contributed by atoms with Crippen LogP contribution in [-0.4, -0.2) is 22.1 Å². The molecule has 2 N–H and O–H groups in total. The molecule has 0 spiro atoms. The van der Waals surface area contributed by atoms with E-state index in [1.165, 1.54) is 0 Å². The minimum Gasteiger partial charge on any atom is -0.393 e. The molecule has 1 aromatic heterocycles. The Morgan fingerprint density at radius 3 is 2.72 bits per heavy atom. The van der Waals surface area contributed by atoms with E-state index >= 15 is 0 Å². The van der Waals surface area contributed by atoms with Gasteiger partial charge in [-0.3, -0.25) is 9.78 Å². The molecule has 2 fully saturated rings. The van der Waals surface area contributed by atoms with E-state index in [4.69, 9.17) is 0 Å². The van der Waals surface area contributed by atoms with E-state index in [0.717, 1.165) is 55.0 Å². The van der Waals surface area contributed by atoms with Gasteiger partial charge in [0.1, 0.15) is 0 Å². The molecule has 132 valence electrons. The predicted molar refractivity (Wildman–Crippen MR) is 97.9 cm³/mol. The lowest BCUT2D eigenvalue weighted by Crippen LogP contribution is -2.45. The van der Waals surface area contributed by atoms with E-state index in [1.54, 1.807) is 0 Å². The highest BCUT2D eigenvalue weighted by Crippen LogP contribution is 2.42. The van der Waals surface area contributed by atoms with E-state index in [-0.39, 0.29) is 29.4 Å². The summed E-state index contributed by atoms with van der Waals surface area (Å²) in [7, 11) is 0. The number of nitrogens with zero attached hydrogens (tertiary/aromatic N) is 1. The highest BCUT2D eigenvalue weighted by molar-refractivity contribution is 5.83. The molecule has 1 amide bonds. The summed E-state index contributed by atoms with van der Waals surface area (Å²) in [4.78, 5) is 17.5. The van der Waals surface area contributed by atoms with E-state index in [9.17, 15) is 9.90 Å². The third-order valence-corrected chi connectivity index (χ3v) is 6.13. The molecule has 4 nitrogen and oxygen atoms in total. The molecule has 1 atom stereocenters. The molecular formula is C21H26N2O2. The number of nitrogens with one attached hydrogen (secondary N) is 1. The number of hydrogen-bond donors (Lipinski definition) is 2. The Bertz CT molecular complexity index is 776. The average Bonchev–Trinajstić information content (AvgIpc) is 3.04. The molecule has 0 aliphatic heterocycles. The maximum Gasteiger partial charge on any atom is 0.226 e. The zero-order valence-corrected chi connectivity index (χ0v) is 14.7. The Morgan fingerprint density at radius 1 is 1.28 bits per heavy atom. The van der Waals surface area contributed by atoms with Crippen molar-refractivity contribution in [2.24, 2.45) is 11.3 Å². The van der Waals surface area contributed by atoms with Crippen LogP contribution in [0, 0.1) is 11.3 Å². The first kappa shape index (κ1) is 16.5. The maximum absolute atomic E-state index is 12.9. The van der Waals surface area contributed by atoms with Gasteiger partial charge in [0.25, 0.3) is 0 Å². The van der Waals surface area contributed by atoms with Gasteiger partial charge >= 0.3 is 0 Å². The molecule has 2 saturated carbocycles. The third kappa shape index (κ3) is 3.15. The first-order chi connectivity index (χ1) is 12.0. The number of benzene rings is 1. The maximum atomic E-state index is 12.9. The van der Waals surface area contributed by atoms with Crippen LogP contribution in [0.1, 0.15) is 57.1 Å². The van der Waals surface area contributed by atoms with Crippen molar-refractivity contribution in [3.63, 3.8) is 0 Å². The normalized spacial score (nSPS) is 26.2. The van der Waals surface area contributed by atoms with Gasteiger partial charge in [0.05, 0.1) is 17.7 Å². The Morgan fingerprint density at radius 2 is 2.00 bits per heavy atom. The highest BCUT2D eigenvalue weighted by atomic mass is 16.3. The molecule has 1 aromatic carbocycles. The first-order valence-electron chi connectivity index (χ1n) is 9.39. The van der Waals surface area contributed by atoms with Crippen molar-refractivity contribution in [3.05, 3.63) is 42.1 Å². The quantitative estimate of drug-likeness (QED) is 0.892. The number of fused-ring (bicyclic) bond motifs is 1. The predicted octanol–water partition coefficient (Wildman–Crippen LogP) is 3.74. The molecule has 0 unspecified atom stereocenters. The van der Waals surface area contributed by atoms with Gasteiger partial charge in [-0.2, -0.15) is 0 Å². The lowest BCUT2D eigenvalue weighted by atomic mass is 9.74. The molecule has 0 radical (unpaired) electrons. The van der Waals surface area contributed by atoms with Gasteiger partial charge < -0.3 is 10.4 Å². The zero-order valence-electron chi connectivity index (χ0n) is 14.7. The number of rotatable bonds is 4. The van der Waals surface area contributed by atoms with E-state index in [2.05, 4.69) is 29.4 Å². The second kappa shape index (κ2) is 6.41. The minimum atomic E-state index is -0.245. The summed E-state index contributed by atoms with van der Waals surface area (Å²) in [5.74, 6) is 0.441. The van der Waals surface area contributed by atoms with E-state index in [1.807, 2.05) is 24.4 Å². The Labute approximate surface area is 148 Å². The fourth-order valence-corrected chi connectivity index (χ4v) is 4.33. The molecule has 0 bridgehead atoms. The van der Waals surface area contributed by atoms with Gasteiger partial charge in [-0.15, -0.1) is 0 Å². The van der Waals surface area contributed by atoms with Crippen molar-refractivity contribution in [2.75, 3.05) is 0 Å². The molecule has 4 rings (SSSR count). The summed E-state index contributed by atoms with van der Waals surface area (Å²) >= 11 is 0. The summed E-state index contributed by atoms with van der Waals surface area (Å²) in [5.41, 5.74) is 1.77. The number of hydrogen-bond acceptors (Lipinski definition) is 3. The minimum absolute atomic E-state index is 0.0644. The number of amides is 1. The Hall–Kier alpha value is -1.94. The number of carbonyl (C=O) groups is 1. The molecule has 1 heterocycles. The fraction of sp³-hybridized carbons (Fsp3) is 0.524. The average molecular weight is 338 g/mol.